The molecule has 3 N–H and O–H groups in total. The SMILES string of the molecule is CCCCCCCCCCCCCCCCNC(=O)C(=O)NCCCc1ccc(O)cc1. The molecule has 1 aromatic carbocycles. The molecule has 0 aliphatic carbocycles. The van der Waals surface area contributed by atoms with Crippen LogP contribution in [0.4, 0.5) is 0 Å². The van der Waals surface area contributed by atoms with Gasteiger partial charge in [0.25, 0.3) is 0 Å². The molecule has 0 saturated heterocycles. The molecule has 0 fully saturated rings. The van der Waals surface area contributed by atoms with Gasteiger partial charge in [-0.25, -0.2) is 0 Å². The van der Waals surface area contributed by atoms with Gasteiger partial charge in [0.1, 0.15) is 5.75 Å². The number of amides is 2. The number of rotatable bonds is 19. The topological polar surface area (TPSA) is 78.4 Å². The highest BCUT2D eigenvalue weighted by atomic mass is 16.3. The molecule has 32 heavy (non-hydrogen) atoms. The fraction of sp³-hybridized carbons (Fsp3) is 0.704. The van der Waals surface area contributed by atoms with Crippen LogP contribution in [0.3, 0.4) is 0 Å². The fourth-order valence-corrected chi connectivity index (χ4v) is 3.84. The summed E-state index contributed by atoms with van der Waals surface area (Å²) in [7, 11) is 0. The zero-order chi connectivity index (χ0) is 23.3. The van der Waals surface area contributed by atoms with Gasteiger partial charge in [-0.15, -0.1) is 0 Å². The zero-order valence-electron chi connectivity index (χ0n) is 20.3. The minimum atomic E-state index is -0.555. The summed E-state index contributed by atoms with van der Waals surface area (Å²) in [6.07, 6.45) is 19.8. The second-order valence-corrected chi connectivity index (χ2v) is 8.88. The highest BCUT2D eigenvalue weighted by Crippen LogP contribution is 2.13. The van der Waals surface area contributed by atoms with Crippen LogP contribution in [0.25, 0.3) is 0 Å². The Morgan fingerprint density at radius 1 is 0.625 bits per heavy atom. The van der Waals surface area contributed by atoms with Crippen LogP contribution >= 0.6 is 0 Å². The van der Waals surface area contributed by atoms with Crippen molar-refractivity contribution in [2.75, 3.05) is 13.1 Å². The lowest BCUT2D eigenvalue weighted by Crippen LogP contribution is -2.40. The highest BCUT2D eigenvalue weighted by Gasteiger charge is 2.11. The largest absolute Gasteiger partial charge is 0.508 e. The summed E-state index contributed by atoms with van der Waals surface area (Å²) in [5.74, 6) is -0.845. The summed E-state index contributed by atoms with van der Waals surface area (Å²) in [4.78, 5) is 23.6. The van der Waals surface area contributed by atoms with Crippen LogP contribution in [0.5, 0.6) is 5.75 Å². The predicted octanol–water partition coefficient (Wildman–Crippen LogP) is 6.04. The molecule has 0 aliphatic rings. The molecule has 1 aromatic rings. The smallest absolute Gasteiger partial charge is 0.309 e. The predicted molar refractivity (Wildman–Crippen MR) is 133 cm³/mol. The number of unbranched alkanes of at least 4 members (excludes halogenated alkanes) is 13. The Morgan fingerprint density at radius 3 is 1.50 bits per heavy atom. The summed E-state index contributed by atoms with van der Waals surface area (Å²) in [5, 5.41) is 14.6. The molecule has 2 amide bonds. The molecule has 0 bridgehead atoms. The number of hydrogen-bond donors (Lipinski definition) is 3. The zero-order valence-corrected chi connectivity index (χ0v) is 20.3. The number of carbonyl (C=O) groups is 2. The van der Waals surface area contributed by atoms with Crippen molar-refractivity contribution in [3.05, 3.63) is 29.8 Å². The van der Waals surface area contributed by atoms with Crippen molar-refractivity contribution in [3.63, 3.8) is 0 Å². The average molecular weight is 447 g/mol. The number of nitrogens with one attached hydrogen (secondary N) is 2. The number of phenolic OH excluding ortho intramolecular Hbond substituents is 1. The minimum absolute atomic E-state index is 0.248. The van der Waals surface area contributed by atoms with E-state index in [4.69, 9.17) is 0 Å². The second kappa shape index (κ2) is 19.6. The van der Waals surface area contributed by atoms with Crippen molar-refractivity contribution in [2.24, 2.45) is 0 Å². The Balaban J connectivity index is 1.85. The van der Waals surface area contributed by atoms with Gasteiger partial charge in [0.15, 0.2) is 0 Å². The molecule has 1 rings (SSSR count). The first-order chi connectivity index (χ1) is 15.6. The molecule has 5 heteroatoms. The molecule has 0 atom stereocenters. The van der Waals surface area contributed by atoms with Crippen LogP contribution in [0.2, 0.25) is 0 Å². The highest BCUT2D eigenvalue weighted by molar-refractivity contribution is 6.35. The molecule has 0 spiro atoms. The van der Waals surface area contributed by atoms with E-state index >= 15 is 0 Å². The number of phenols is 1. The van der Waals surface area contributed by atoms with Gasteiger partial charge in [0.05, 0.1) is 0 Å². The number of aromatic hydroxyl groups is 1. The van der Waals surface area contributed by atoms with Crippen molar-refractivity contribution >= 4 is 11.8 Å². The Kier molecular flexibility index (Phi) is 17.2. The van der Waals surface area contributed by atoms with Gasteiger partial charge < -0.3 is 15.7 Å². The van der Waals surface area contributed by atoms with Crippen molar-refractivity contribution in [1.29, 1.82) is 0 Å². The van der Waals surface area contributed by atoms with Gasteiger partial charge in [-0.05, 0) is 37.0 Å². The van der Waals surface area contributed by atoms with Crippen LogP contribution in [0.15, 0.2) is 24.3 Å². The lowest BCUT2D eigenvalue weighted by molar-refractivity contribution is -0.139. The Labute approximate surface area is 195 Å². The van der Waals surface area contributed by atoms with Crippen LogP contribution in [0, 0.1) is 0 Å². The van der Waals surface area contributed by atoms with Gasteiger partial charge in [0.2, 0.25) is 0 Å². The van der Waals surface area contributed by atoms with Crippen molar-refractivity contribution in [3.8, 4) is 5.75 Å². The first kappa shape index (κ1) is 28.0. The third-order valence-electron chi connectivity index (χ3n) is 5.89. The van der Waals surface area contributed by atoms with E-state index in [0.717, 1.165) is 31.2 Å². The van der Waals surface area contributed by atoms with Crippen LogP contribution in [-0.4, -0.2) is 30.0 Å². The molecule has 0 aromatic heterocycles. The molecule has 0 unspecified atom stereocenters. The van der Waals surface area contributed by atoms with Crippen LogP contribution in [-0.2, 0) is 16.0 Å². The molecule has 5 nitrogen and oxygen atoms in total. The Bertz CT molecular complexity index is 601. The van der Waals surface area contributed by atoms with Crippen LogP contribution < -0.4 is 10.6 Å². The quantitative estimate of drug-likeness (QED) is 0.179. The van der Waals surface area contributed by atoms with Gasteiger partial charge in [-0.3, -0.25) is 9.59 Å². The maximum atomic E-state index is 11.8. The normalized spacial score (nSPS) is 10.8. The summed E-state index contributed by atoms with van der Waals surface area (Å²) in [5.41, 5.74) is 1.10. The second-order valence-electron chi connectivity index (χ2n) is 8.88. The standard InChI is InChI=1S/C27H46N2O3/c1-2-3-4-5-6-7-8-9-10-11-12-13-14-15-22-28-26(31)27(32)29-23-16-17-24-18-20-25(30)21-19-24/h18-21,30H,2-17,22-23H2,1H3,(H,28,31)(H,29,32). The molecule has 182 valence electrons. The first-order valence-corrected chi connectivity index (χ1v) is 13.0. The Morgan fingerprint density at radius 2 is 1.03 bits per heavy atom. The molecular weight excluding hydrogens is 400 g/mol. The van der Waals surface area contributed by atoms with Gasteiger partial charge in [-0.2, -0.15) is 0 Å². The fourth-order valence-electron chi connectivity index (χ4n) is 3.84. The van der Waals surface area contributed by atoms with Gasteiger partial charge in [-0.1, -0.05) is 103 Å². The van der Waals surface area contributed by atoms with E-state index in [2.05, 4.69) is 17.6 Å². The van der Waals surface area contributed by atoms with Crippen molar-refractivity contribution in [2.45, 2.75) is 110 Å². The van der Waals surface area contributed by atoms with E-state index in [0.29, 0.717) is 13.1 Å². The number of hydrogen-bond acceptors (Lipinski definition) is 3. The average Bonchev–Trinajstić information content (AvgIpc) is 2.80. The molecule has 0 heterocycles. The lowest BCUT2D eigenvalue weighted by atomic mass is 10.0. The first-order valence-electron chi connectivity index (χ1n) is 13.0. The lowest BCUT2D eigenvalue weighted by Gasteiger charge is -2.07. The minimum Gasteiger partial charge on any atom is -0.508 e. The maximum absolute atomic E-state index is 11.8. The third kappa shape index (κ3) is 15.7. The van der Waals surface area contributed by atoms with Gasteiger partial charge in [0, 0.05) is 13.1 Å². The van der Waals surface area contributed by atoms with Crippen LogP contribution in [0.1, 0.15) is 109 Å². The summed E-state index contributed by atoms with van der Waals surface area (Å²) >= 11 is 0. The third-order valence-corrected chi connectivity index (χ3v) is 5.89. The number of carbonyl (C=O) groups excluding carboxylic acids is 2. The molecule has 0 aliphatic heterocycles. The summed E-state index contributed by atoms with van der Waals surface area (Å²) in [6.45, 7) is 3.30. The Hall–Kier alpha value is -2.04. The monoisotopic (exact) mass is 446 g/mol. The van der Waals surface area contributed by atoms with Crippen molar-refractivity contribution < 1.29 is 14.7 Å². The van der Waals surface area contributed by atoms with E-state index < -0.39 is 11.8 Å². The van der Waals surface area contributed by atoms with E-state index in [1.807, 2.05) is 12.1 Å². The molecule has 0 saturated carbocycles. The molecular formula is C27H46N2O3. The van der Waals surface area contributed by atoms with E-state index in [1.54, 1.807) is 12.1 Å². The van der Waals surface area contributed by atoms with E-state index in [-0.39, 0.29) is 5.75 Å². The maximum Gasteiger partial charge on any atom is 0.309 e. The molecule has 0 radical (unpaired) electrons. The van der Waals surface area contributed by atoms with Gasteiger partial charge >= 0.3 is 11.8 Å². The van der Waals surface area contributed by atoms with Crippen molar-refractivity contribution in [1.82, 2.24) is 10.6 Å². The summed E-state index contributed by atoms with van der Waals surface area (Å²) < 4.78 is 0. The van der Waals surface area contributed by atoms with E-state index in [1.165, 1.54) is 77.0 Å². The number of aryl methyl sites for hydroxylation is 1. The summed E-state index contributed by atoms with van der Waals surface area (Å²) in [6, 6.07) is 7.03. The number of benzene rings is 1. The van der Waals surface area contributed by atoms with E-state index in [9.17, 15) is 14.7 Å².